The van der Waals surface area contributed by atoms with Gasteiger partial charge in [0.1, 0.15) is 10.9 Å². The Balaban J connectivity index is 1.81. The van der Waals surface area contributed by atoms with Crippen LogP contribution in [0, 0.1) is 13.8 Å². The molecule has 35 heavy (non-hydrogen) atoms. The zero-order valence-electron chi connectivity index (χ0n) is 20.4. The number of aromatic nitrogens is 1. The predicted molar refractivity (Wildman–Crippen MR) is 139 cm³/mol. The van der Waals surface area contributed by atoms with Crippen LogP contribution in [-0.4, -0.2) is 28.6 Å². The lowest BCUT2D eigenvalue weighted by Gasteiger charge is -2.33. The van der Waals surface area contributed by atoms with Gasteiger partial charge in [-0.3, -0.25) is 19.3 Å². The Morgan fingerprint density at radius 2 is 1.63 bits per heavy atom. The lowest BCUT2D eigenvalue weighted by atomic mass is 9.94. The number of carbonyl (C=O) groups excluding carboxylic acids is 3. The van der Waals surface area contributed by atoms with Crippen LogP contribution in [0.3, 0.4) is 0 Å². The van der Waals surface area contributed by atoms with Crippen LogP contribution < -0.4 is 10.2 Å². The molecule has 1 aromatic heterocycles. The monoisotopic (exact) mass is 489 g/mol. The zero-order chi connectivity index (χ0) is 24.9. The third-order valence-corrected chi connectivity index (χ3v) is 7.50. The van der Waals surface area contributed by atoms with E-state index in [9.17, 15) is 14.4 Å². The van der Waals surface area contributed by atoms with Crippen LogP contribution in [0.5, 0.6) is 0 Å². The molecule has 0 bridgehead atoms. The molecule has 0 spiro atoms. The third kappa shape index (κ3) is 5.68. The number of rotatable bonds is 7. The first-order valence-corrected chi connectivity index (χ1v) is 12.9. The van der Waals surface area contributed by atoms with Crippen molar-refractivity contribution < 1.29 is 14.4 Å². The van der Waals surface area contributed by atoms with Gasteiger partial charge in [0, 0.05) is 17.3 Å². The Morgan fingerprint density at radius 1 is 0.971 bits per heavy atom. The topological polar surface area (TPSA) is 79.4 Å². The largest absolute Gasteiger partial charge is 0.351 e. The first kappa shape index (κ1) is 24.8. The van der Waals surface area contributed by atoms with E-state index in [1.807, 2.05) is 44.2 Å². The van der Waals surface area contributed by atoms with Crippen molar-refractivity contribution in [3.8, 4) is 0 Å². The van der Waals surface area contributed by atoms with Gasteiger partial charge in [0.2, 0.25) is 5.91 Å². The van der Waals surface area contributed by atoms with E-state index in [1.165, 1.54) is 24.7 Å². The van der Waals surface area contributed by atoms with E-state index in [-0.39, 0.29) is 23.6 Å². The highest BCUT2D eigenvalue weighted by atomic mass is 32.1. The van der Waals surface area contributed by atoms with Crippen molar-refractivity contribution in [2.75, 3.05) is 4.90 Å². The van der Waals surface area contributed by atoms with Gasteiger partial charge in [-0.25, -0.2) is 4.98 Å². The van der Waals surface area contributed by atoms with Crippen molar-refractivity contribution in [1.82, 2.24) is 10.3 Å². The Kier molecular flexibility index (Phi) is 7.76. The number of nitrogens with one attached hydrogen (secondary N) is 1. The van der Waals surface area contributed by atoms with Crippen LogP contribution in [0.1, 0.15) is 81.4 Å². The number of Topliss-reactive ketones (excluding diaryl/α,β-unsaturated/α-hetero) is 1. The zero-order valence-corrected chi connectivity index (χ0v) is 21.2. The molecule has 0 radical (unpaired) electrons. The standard InChI is InChI=1S/C28H31N3O3S/c1-18-26(35-20(3)29-18)28(34)31(24-16-14-21(15-17-24)19(2)32)25(22-10-6-4-7-11-22)27(33)30-23-12-8-5-9-13-23/h4,6-7,10-11,14-17,23,25H,5,8-9,12-13H2,1-3H3,(H,30,33). The van der Waals surface area contributed by atoms with Crippen molar-refractivity contribution in [1.29, 1.82) is 0 Å². The molecule has 2 amide bonds. The van der Waals surface area contributed by atoms with E-state index in [2.05, 4.69) is 10.3 Å². The number of benzene rings is 2. The number of amides is 2. The second kappa shape index (κ2) is 11.0. The van der Waals surface area contributed by atoms with Gasteiger partial charge in [-0.1, -0.05) is 49.6 Å². The summed E-state index contributed by atoms with van der Waals surface area (Å²) in [6, 6.07) is 15.5. The van der Waals surface area contributed by atoms with Crippen LogP contribution in [0.15, 0.2) is 54.6 Å². The average molecular weight is 490 g/mol. The van der Waals surface area contributed by atoms with Gasteiger partial charge >= 0.3 is 0 Å². The summed E-state index contributed by atoms with van der Waals surface area (Å²) in [5.41, 5.74) is 2.47. The molecule has 1 aliphatic carbocycles. The molecular weight excluding hydrogens is 458 g/mol. The quantitative estimate of drug-likeness (QED) is 0.426. The number of thiazole rings is 1. The van der Waals surface area contributed by atoms with Gasteiger partial charge in [0.05, 0.1) is 10.7 Å². The van der Waals surface area contributed by atoms with Gasteiger partial charge in [0.25, 0.3) is 5.91 Å². The van der Waals surface area contributed by atoms with Crippen LogP contribution in [-0.2, 0) is 4.79 Å². The number of ketones is 1. The smallest absolute Gasteiger partial charge is 0.271 e. The van der Waals surface area contributed by atoms with E-state index < -0.39 is 6.04 Å². The Labute approximate surface area is 210 Å². The molecule has 1 aliphatic rings. The first-order chi connectivity index (χ1) is 16.8. The maximum Gasteiger partial charge on any atom is 0.271 e. The molecule has 1 heterocycles. The number of carbonyl (C=O) groups is 3. The van der Waals surface area contributed by atoms with Crippen molar-refractivity contribution >= 4 is 34.6 Å². The van der Waals surface area contributed by atoms with E-state index in [0.717, 1.165) is 36.3 Å². The predicted octanol–water partition coefficient (Wildman–Crippen LogP) is 5.80. The van der Waals surface area contributed by atoms with E-state index in [0.29, 0.717) is 21.8 Å². The molecule has 2 aromatic carbocycles. The SMILES string of the molecule is CC(=O)c1ccc(N(C(=O)c2sc(C)nc2C)C(C(=O)NC2CCCCC2)c2ccccc2)cc1. The van der Waals surface area contributed by atoms with Crippen LogP contribution in [0.4, 0.5) is 5.69 Å². The summed E-state index contributed by atoms with van der Waals surface area (Å²) in [6.45, 7) is 5.18. The molecule has 1 saturated carbocycles. The fourth-order valence-electron chi connectivity index (χ4n) is 4.66. The summed E-state index contributed by atoms with van der Waals surface area (Å²) >= 11 is 1.33. The molecule has 1 atom stereocenters. The Morgan fingerprint density at radius 3 is 2.20 bits per heavy atom. The van der Waals surface area contributed by atoms with Gasteiger partial charge in [0.15, 0.2) is 5.78 Å². The van der Waals surface area contributed by atoms with Crippen molar-refractivity contribution in [2.24, 2.45) is 0 Å². The lowest BCUT2D eigenvalue weighted by Crippen LogP contribution is -2.47. The number of nitrogens with zero attached hydrogens (tertiary/aromatic N) is 2. The highest BCUT2D eigenvalue weighted by molar-refractivity contribution is 7.13. The van der Waals surface area contributed by atoms with Gasteiger partial charge in [-0.2, -0.15) is 0 Å². The normalized spacial score (nSPS) is 14.8. The molecular formula is C28H31N3O3S. The van der Waals surface area contributed by atoms with Gasteiger partial charge < -0.3 is 5.32 Å². The third-order valence-electron chi connectivity index (χ3n) is 6.44. The van der Waals surface area contributed by atoms with Gasteiger partial charge in [-0.05, 0) is 63.4 Å². The highest BCUT2D eigenvalue weighted by Gasteiger charge is 2.36. The van der Waals surface area contributed by atoms with Crippen molar-refractivity contribution in [2.45, 2.75) is 65.0 Å². The molecule has 0 saturated heterocycles. The minimum absolute atomic E-state index is 0.0574. The second-order valence-electron chi connectivity index (χ2n) is 9.08. The molecule has 0 aliphatic heterocycles. The lowest BCUT2D eigenvalue weighted by molar-refractivity contribution is -0.123. The maximum atomic E-state index is 14.1. The summed E-state index contributed by atoms with van der Waals surface area (Å²) in [4.78, 5) is 46.3. The van der Waals surface area contributed by atoms with Crippen molar-refractivity contribution in [3.63, 3.8) is 0 Å². The maximum absolute atomic E-state index is 14.1. The van der Waals surface area contributed by atoms with Crippen molar-refractivity contribution in [3.05, 3.63) is 81.3 Å². The van der Waals surface area contributed by atoms with E-state index >= 15 is 0 Å². The molecule has 1 fully saturated rings. The molecule has 1 unspecified atom stereocenters. The summed E-state index contributed by atoms with van der Waals surface area (Å²) in [7, 11) is 0. The second-order valence-corrected chi connectivity index (χ2v) is 10.3. The Hall–Kier alpha value is -3.32. The van der Waals surface area contributed by atoms with Crippen LogP contribution in [0.2, 0.25) is 0 Å². The summed E-state index contributed by atoms with van der Waals surface area (Å²) in [6.07, 6.45) is 5.26. The fourth-order valence-corrected chi connectivity index (χ4v) is 5.52. The van der Waals surface area contributed by atoms with E-state index in [1.54, 1.807) is 29.2 Å². The van der Waals surface area contributed by atoms with Crippen LogP contribution in [0.25, 0.3) is 0 Å². The minimum atomic E-state index is -0.865. The molecule has 7 heteroatoms. The molecule has 6 nitrogen and oxygen atoms in total. The summed E-state index contributed by atoms with van der Waals surface area (Å²) < 4.78 is 0. The number of aryl methyl sites for hydroxylation is 2. The molecule has 182 valence electrons. The number of hydrogen-bond donors (Lipinski definition) is 1. The summed E-state index contributed by atoms with van der Waals surface area (Å²) in [5.74, 6) is -0.541. The Bertz CT molecular complexity index is 1200. The van der Waals surface area contributed by atoms with Crippen LogP contribution >= 0.6 is 11.3 Å². The first-order valence-electron chi connectivity index (χ1n) is 12.1. The van der Waals surface area contributed by atoms with Gasteiger partial charge in [-0.15, -0.1) is 11.3 Å². The number of anilines is 1. The molecule has 4 rings (SSSR count). The number of hydrogen-bond acceptors (Lipinski definition) is 5. The molecule has 1 N–H and O–H groups in total. The molecule has 3 aromatic rings. The fraction of sp³-hybridized carbons (Fsp3) is 0.357. The summed E-state index contributed by atoms with van der Waals surface area (Å²) in [5, 5.41) is 4.02. The highest BCUT2D eigenvalue weighted by Crippen LogP contribution is 2.33. The van der Waals surface area contributed by atoms with E-state index in [4.69, 9.17) is 0 Å². The minimum Gasteiger partial charge on any atom is -0.351 e. The average Bonchev–Trinajstić information content (AvgIpc) is 3.21.